The number of hydrogen-bond acceptors (Lipinski definition) is 1. The van der Waals surface area contributed by atoms with Crippen LogP contribution in [0.3, 0.4) is 0 Å². The lowest BCUT2D eigenvalue weighted by Crippen LogP contribution is -2.25. The predicted octanol–water partition coefficient (Wildman–Crippen LogP) is 3.28. The second-order valence-corrected chi connectivity index (χ2v) is 11.4. The first-order valence-electron chi connectivity index (χ1n) is 6.42. The zero-order valence-electron chi connectivity index (χ0n) is 11.0. The molecule has 1 rings (SSSR count). The molecule has 0 aromatic rings. The van der Waals surface area contributed by atoms with Crippen molar-refractivity contribution >= 4 is 14.0 Å². The second-order valence-electron chi connectivity index (χ2n) is 5.86. The van der Waals surface area contributed by atoms with Crippen molar-refractivity contribution in [2.75, 3.05) is 13.1 Å². The van der Waals surface area contributed by atoms with Crippen LogP contribution >= 0.6 is 0 Å². The topological polar surface area (TPSA) is 20.3 Å². The van der Waals surface area contributed by atoms with Crippen molar-refractivity contribution in [2.24, 2.45) is 0 Å². The maximum atomic E-state index is 11.3. The van der Waals surface area contributed by atoms with E-state index in [1.807, 2.05) is 4.90 Å². The highest BCUT2D eigenvalue weighted by molar-refractivity contribution is 6.76. The molecule has 2 nitrogen and oxygen atoms in total. The molecule has 1 aliphatic rings. The Bertz CT molecular complexity index is 255. The quantitative estimate of drug-likeness (QED) is 0.396. The van der Waals surface area contributed by atoms with Crippen LogP contribution in [0.4, 0.5) is 0 Å². The Morgan fingerprint density at radius 2 is 2.06 bits per heavy atom. The van der Waals surface area contributed by atoms with Gasteiger partial charge in [0, 0.05) is 27.6 Å². The van der Waals surface area contributed by atoms with E-state index in [0.29, 0.717) is 5.91 Å². The molecule has 0 atom stereocenters. The normalized spacial score (nSPS) is 17.7. The van der Waals surface area contributed by atoms with Gasteiger partial charge in [0.1, 0.15) is 0 Å². The second kappa shape index (κ2) is 6.23. The highest BCUT2D eigenvalue weighted by Gasteiger charge is 2.18. The van der Waals surface area contributed by atoms with E-state index >= 15 is 0 Å². The molecule has 0 aromatic heterocycles. The van der Waals surface area contributed by atoms with Crippen LogP contribution in [0.15, 0.2) is 12.2 Å². The van der Waals surface area contributed by atoms with Crippen molar-refractivity contribution in [3.63, 3.8) is 0 Å². The van der Waals surface area contributed by atoms with Crippen molar-refractivity contribution < 1.29 is 4.79 Å². The maximum Gasteiger partial charge on any atom is 0.222 e. The minimum Gasteiger partial charge on any atom is -0.343 e. The lowest BCUT2D eigenvalue weighted by molar-refractivity contribution is -0.127. The number of hydrogen-bond donors (Lipinski definition) is 0. The predicted molar refractivity (Wildman–Crippen MR) is 72.3 cm³/mol. The third-order valence-electron chi connectivity index (χ3n) is 2.87. The number of likely N-dealkylation sites (tertiary alicyclic amines) is 1. The summed E-state index contributed by atoms with van der Waals surface area (Å²) in [5, 5.41) is 0. The van der Waals surface area contributed by atoms with E-state index in [-0.39, 0.29) is 0 Å². The molecule has 0 aliphatic carbocycles. The van der Waals surface area contributed by atoms with Gasteiger partial charge in [0.25, 0.3) is 0 Å². The van der Waals surface area contributed by atoms with Crippen molar-refractivity contribution in [2.45, 2.75) is 51.4 Å². The van der Waals surface area contributed by atoms with Crippen molar-refractivity contribution in [1.29, 1.82) is 0 Å². The molecule has 0 spiro atoms. The lowest BCUT2D eigenvalue weighted by Gasteiger charge is -2.14. The van der Waals surface area contributed by atoms with Gasteiger partial charge in [-0.15, -0.1) is 0 Å². The van der Waals surface area contributed by atoms with Gasteiger partial charge < -0.3 is 4.90 Å². The van der Waals surface area contributed by atoms with Crippen LogP contribution in [-0.2, 0) is 4.79 Å². The van der Waals surface area contributed by atoms with Crippen LogP contribution in [0.5, 0.6) is 0 Å². The molecule has 0 radical (unpaired) electrons. The average Bonchev–Trinajstić information content (AvgIpc) is 2.56. The summed E-state index contributed by atoms with van der Waals surface area (Å²) < 4.78 is 0. The Morgan fingerprint density at radius 1 is 1.31 bits per heavy atom. The summed E-state index contributed by atoms with van der Waals surface area (Å²) in [5.41, 5.74) is 0. The third kappa shape index (κ3) is 5.49. The first kappa shape index (κ1) is 13.5. The zero-order chi connectivity index (χ0) is 12.0. The number of rotatable bonds is 6. The molecule has 1 fully saturated rings. The van der Waals surface area contributed by atoms with E-state index in [1.165, 1.54) is 6.04 Å². The van der Waals surface area contributed by atoms with Crippen molar-refractivity contribution in [3.8, 4) is 0 Å². The van der Waals surface area contributed by atoms with Gasteiger partial charge in [-0.05, 0) is 25.3 Å². The van der Waals surface area contributed by atoms with Gasteiger partial charge in [-0.2, -0.15) is 0 Å². The summed E-state index contributed by atoms with van der Waals surface area (Å²) in [5.74, 6) is 0.353. The summed E-state index contributed by atoms with van der Waals surface area (Å²) in [4.78, 5) is 13.3. The van der Waals surface area contributed by atoms with Gasteiger partial charge >= 0.3 is 0 Å². The monoisotopic (exact) mass is 239 g/mol. The molecule has 0 N–H and O–H groups in total. The minimum atomic E-state index is -0.905. The number of carbonyl (C=O) groups excluding carboxylic acids is 1. The maximum absolute atomic E-state index is 11.3. The number of nitrogens with zero attached hydrogens (tertiary/aromatic N) is 1. The lowest BCUT2D eigenvalue weighted by atomic mass is 10.3. The largest absolute Gasteiger partial charge is 0.343 e. The summed E-state index contributed by atoms with van der Waals surface area (Å²) in [6.07, 6.45) is 8.69. The highest BCUT2D eigenvalue weighted by Crippen LogP contribution is 2.11. The molecule has 1 heterocycles. The van der Waals surface area contributed by atoms with Gasteiger partial charge in [-0.1, -0.05) is 31.8 Å². The standard InChI is InChI=1S/C13H25NOSi/c1-16(2,3)12-7-5-4-6-10-14-11-8-9-13(14)15/h5,7H,4,6,8-12H2,1-3H3/b7-5+. The smallest absolute Gasteiger partial charge is 0.222 e. The number of unbranched alkanes of at least 4 members (excludes halogenated alkanes) is 1. The minimum absolute atomic E-state index is 0.353. The van der Waals surface area contributed by atoms with Gasteiger partial charge in [0.05, 0.1) is 0 Å². The molecule has 92 valence electrons. The number of amides is 1. The SMILES string of the molecule is C[Si](C)(C)C/C=C/CCCN1CCCC1=O. The fourth-order valence-corrected chi connectivity index (χ4v) is 2.77. The van der Waals surface area contributed by atoms with E-state index in [9.17, 15) is 4.79 Å². The van der Waals surface area contributed by atoms with Gasteiger partial charge in [0.2, 0.25) is 5.91 Å². The first-order chi connectivity index (χ1) is 7.49. The molecular weight excluding hydrogens is 214 g/mol. The average molecular weight is 239 g/mol. The van der Waals surface area contributed by atoms with Crippen molar-refractivity contribution in [1.82, 2.24) is 4.90 Å². The number of allylic oxidation sites excluding steroid dienone is 2. The van der Waals surface area contributed by atoms with E-state index in [4.69, 9.17) is 0 Å². The first-order valence-corrected chi connectivity index (χ1v) is 10.1. The molecule has 1 aliphatic heterocycles. The van der Waals surface area contributed by atoms with Crippen LogP contribution in [0.1, 0.15) is 25.7 Å². The molecular formula is C13H25NOSi. The van der Waals surface area contributed by atoms with Crippen LogP contribution in [0.2, 0.25) is 25.7 Å². The van der Waals surface area contributed by atoms with Crippen LogP contribution < -0.4 is 0 Å². The fourth-order valence-electron chi connectivity index (χ4n) is 1.90. The Hall–Kier alpha value is -0.573. The molecule has 0 aromatic carbocycles. The van der Waals surface area contributed by atoms with E-state index in [0.717, 1.165) is 38.8 Å². The van der Waals surface area contributed by atoms with Crippen LogP contribution in [0.25, 0.3) is 0 Å². The summed E-state index contributed by atoms with van der Waals surface area (Å²) in [6, 6.07) is 1.27. The molecule has 16 heavy (non-hydrogen) atoms. The van der Waals surface area contributed by atoms with E-state index in [1.54, 1.807) is 0 Å². The number of carbonyl (C=O) groups is 1. The third-order valence-corrected chi connectivity index (χ3v) is 4.33. The van der Waals surface area contributed by atoms with Gasteiger partial charge in [0.15, 0.2) is 0 Å². The van der Waals surface area contributed by atoms with Crippen molar-refractivity contribution in [3.05, 3.63) is 12.2 Å². The van der Waals surface area contributed by atoms with Gasteiger partial charge in [-0.25, -0.2) is 0 Å². The van der Waals surface area contributed by atoms with E-state index < -0.39 is 8.07 Å². The van der Waals surface area contributed by atoms with Gasteiger partial charge in [-0.3, -0.25) is 4.79 Å². The van der Waals surface area contributed by atoms with Crippen LogP contribution in [-0.4, -0.2) is 32.0 Å². The summed E-state index contributed by atoms with van der Waals surface area (Å²) in [6.45, 7) is 9.11. The summed E-state index contributed by atoms with van der Waals surface area (Å²) >= 11 is 0. The molecule has 0 unspecified atom stereocenters. The molecule has 1 amide bonds. The van der Waals surface area contributed by atoms with Crippen LogP contribution in [0, 0.1) is 0 Å². The summed E-state index contributed by atoms with van der Waals surface area (Å²) in [7, 11) is -0.905. The molecule has 0 bridgehead atoms. The fraction of sp³-hybridized carbons (Fsp3) is 0.769. The Morgan fingerprint density at radius 3 is 2.62 bits per heavy atom. The van der Waals surface area contributed by atoms with E-state index in [2.05, 4.69) is 31.8 Å². The highest BCUT2D eigenvalue weighted by atomic mass is 28.3. The molecule has 1 saturated heterocycles. The zero-order valence-corrected chi connectivity index (χ0v) is 12.0. The Kier molecular flexibility index (Phi) is 5.26. The Balaban J connectivity index is 2.05. The Labute approximate surface area is 101 Å². The molecule has 0 saturated carbocycles. The molecule has 3 heteroatoms.